The second-order valence-corrected chi connectivity index (χ2v) is 4.86. The number of hydrogen-bond acceptors (Lipinski definition) is 5. The van der Waals surface area contributed by atoms with Gasteiger partial charge in [-0.15, -0.1) is 0 Å². The number of nitrogens with one attached hydrogen (secondary N) is 1. The molecule has 6 nitrogen and oxygen atoms in total. The fraction of sp³-hybridized carbons (Fsp3) is 0.0909. The molecule has 0 saturated carbocycles. The molecule has 0 saturated heterocycles. The normalized spacial score (nSPS) is 10.4. The van der Waals surface area contributed by atoms with E-state index >= 15 is 0 Å². The zero-order valence-electron chi connectivity index (χ0n) is 10.0. The molecule has 0 aliphatic heterocycles. The summed E-state index contributed by atoms with van der Waals surface area (Å²) in [6.07, 6.45) is -0.944. The average molecular weight is 337 g/mol. The molecule has 106 valence electrons. The van der Waals surface area contributed by atoms with Crippen LogP contribution in [0.1, 0.15) is 0 Å². The first-order valence-electron chi connectivity index (χ1n) is 5.18. The van der Waals surface area contributed by atoms with E-state index in [0.717, 1.165) is 0 Å². The summed E-state index contributed by atoms with van der Waals surface area (Å²) in [5.74, 6) is -0.0598. The van der Waals surface area contributed by atoms with Gasteiger partial charge >= 0.3 is 6.16 Å². The van der Waals surface area contributed by atoms with E-state index in [2.05, 4.69) is 14.9 Å². The molecule has 1 aromatic carbocycles. The highest BCUT2D eigenvalue weighted by atomic mass is 35.5. The number of aromatic amines is 1. The van der Waals surface area contributed by atoms with Crippen LogP contribution < -0.4 is 10.5 Å². The SMILES string of the molecule is COC(=O)Oc1c(N)n[nH]c1-c1c(Cl)cc(Cl)cc1Cl. The molecule has 2 aromatic rings. The summed E-state index contributed by atoms with van der Waals surface area (Å²) >= 11 is 18.0. The number of rotatable bonds is 2. The molecule has 0 aliphatic carbocycles. The Bertz CT molecular complexity index is 649. The van der Waals surface area contributed by atoms with Gasteiger partial charge in [0.2, 0.25) is 5.75 Å². The van der Waals surface area contributed by atoms with E-state index in [-0.39, 0.29) is 27.3 Å². The molecule has 9 heteroatoms. The van der Waals surface area contributed by atoms with Crippen molar-refractivity contribution in [3.05, 3.63) is 27.2 Å². The van der Waals surface area contributed by atoms with Gasteiger partial charge in [-0.2, -0.15) is 5.10 Å². The van der Waals surface area contributed by atoms with Crippen LogP contribution in [0.4, 0.5) is 10.6 Å². The van der Waals surface area contributed by atoms with E-state index in [9.17, 15) is 4.79 Å². The van der Waals surface area contributed by atoms with Crippen molar-refractivity contribution < 1.29 is 14.3 Å². The molecule has 0 aliphatic rings. The Morgan fingerprint density at radius 2 is 1.90 bits per heavy atom. The van der Waals surface area contributed by atoms with Crippen molar-refractivity contribution in [1.82, 2.24) is 10.2 Å². The maximum absolute atomic E-state index is 11.2. The molecule has 0 spiro atoms. The minimum atomic E-state index is -0.944. The van der Waals surface area contributed by atoms with Gasteiger partial charge in [0.05, 0.1) is 17.2 Å². The number of hydrogen-bond donors (Lipinski definition) is 2. The first-order chi connectivity index (χ1) is 9.43. The summed E-state index contributed by atoms with van der Waals surface area (Å²) in [6, 6.07) is 2.98. The number of aromatic nitrogens is 2. The minimum absolute atomic E-state index is 0.0250. The van der Waals surface area contributed by atoms with E-state index in [1.54, 1.807) is 0 Å². The number of methoxy groups -OCH3 is 1. The van der Waals surface area contributed by atoms with Gasteiger partial charge in [-0.3, -0.25) is 5.10 Å². The van der Waals surface area contributed by atoms with Crippen LogP contribution in [0.25, 0.3) is 11.3 Å². The van der Waals surface area contributed by atoms with Crippen molar-refractivity contribution in [3.63, 3.8) is 0 Å². The number of benzene rings is 1. The monoisotopic (exact) mass is 335 g/mol. The molecule has 1 aromatic heterocycles. The van der Waals surface area contributed by atoms with Crippen LogP contribution in [0.3, 0.4) is 0 Å². The Morgan fingerprint density at radius 1 is 1.30 bits per heavy atom. The topological polar surface area (TPSA) is 90.2 Å². The van der Waals surface area contributed by atoms with E-state index in [0.29, 0.717) is 10.6 Å². The van der Waals surface area contributed by atoms with Gasteiger partial charge < -0.3 is 15.2 Å². The third kappa shape index (κ3) is 2.77. The van der Waals surface area contributed by atoms with Crippen LogP contribution in [0.5, 0.6) is 5.75 Å². The largest absolute Gasteiger partial charge is 0.513 e. The highest BCUT2D eigenvalue weighted by molar-refractivity contribution is 6.41. The van der Waals surface area contributed by atoms with Crippen molar-refractivity contribution in [2.75, 3.05) is 12.8 Å². The quantitative estimate of drug-likeness (QED) is 0.815. The van der Waals surface area contributed by atoms with Gasteiger partial charge in [0.25, 0.3) is 0 Å². The van der Waals surface area contributed by atoms with Crippen molar-refractivity contribution in [3.8, 4) is 17.0 Å². The Balaban J connectivity index is 2.57. The lowest BCUT2D eigenvalue weighted by atomic mass is 10.1. The maximum Gasteiger partial charge on any atom is 0.513 e. The number of halogens is 3. The number of carbonyl (C=O) groups excluding carboxylic acids is 1. The average Bonchev–Trinajstić information content (AvgIpc) is 2.70. The number of ether oxygens (including phenoxy) is 2. The Hall–Kier alpha value is -1.63. The lowest BCUT2D eigenvalue weighted by Crippen LogP contribution is -2.08. The number of nitrogens with zero attached hydrogens (tertiary/aromatic N) is 1. The number of nitrogens with two attached hydrogens (primary N) is 1. The third-order valence-corrected chi connectivity index (χ3v) is 3.17. The van der Waals surface area contributed by atoms with Gasteiger partial charge in [-0.05, 0) is 12.1 Å². The standard InChI is InChI=1S/C11H8Cl3N3O3/c1-19-11(18)20-9-8(16-17-10(9)15)7-5(13)2-4(12)3-6(7)14/h2-3H,1H3,(H3,15,16,17). The summed E-state index contributed by atoms with van der Waals surface area (Å²) in [6.45, 7) is 0. The fourth-order valence-corrected chi connectivity index (χ4v) is 2.53. The summed E-state index contributed by atoms with van der Waals surface area (Å²) in [5, 5.41) is 7.22. The molecular formula is C11H8Cl3N3O3. The molecule has 1 heterocycles. The highest BCUT2D eigenvalue weighted by Crippen LogP contribution is 2.42. The summed E-state index contributed by atoms with van der Waals surface area (Å²) in [5.41, 5.74) is 6.24. The second kappa shape index (κ2) is 5.78. The molecule has 0 unspecified atom stereocenters. The second-order valence-electron chi connectivity index (χ2n) is 3.61. The van der Waals surface area contributed by atoms with E-state index in [4.69, 9.17) is 45.3 Å². The molecule has 3 N–H and O–H groups in total. The van der Waals surface area contributed by atoms with Crippen LogP contribution in [0, 0.1) is 0 Å². The number of anilines is 1. The predicted octanol–water partition coefficient (Wildman–Crippen LogP) is 3.76. The number of carbonyl (C=O) groups is 1. The van der Waals surface area contributed by atoms with Gasteiger partial charge in [-0.25, -0.2) is 4.79 Å². The molecular weight excluding hydrogens is 328 g/mol. The number of H-pyrrole nitrogens is 1. The van der Waals surface area contributed by atoms with Gasteiger partial charge in [0.15, 0.2) is 5.82 Å². The molecule has 0 bridgehead atoms. The predicted molar refractivity (Wildman–Crippen MR) is 76.5 cm³/mol. The molecule has 0 fully saturated rings. The van der Waals surface area contributed by atoms with E-state index in [1.807, 2.05) is 0 Å². The van der Waals surface area contributed by atoms with Gasteiger partial charge in [-0.1, -0.05) is 34.8 Å². The molecule has 0 radical (unpaired) electrons. The maximum atomic E-state index is 11.2. The summed E-state index contributed by atoms with van der Waals surface area (Å²) < 4.78 is 9.33. The smallest absolute Gasteiger partial charge is 0.437 e. The van der Waals surface area contributed by atoms with Crippen LogP contribution in [0.15, 0.2) is 12.1 Å². The Labute approximate surface area is 128 Å². The van der Waals surface area contributed by atoms with Crippen LogP contribution >= 0.6 is 34.8 Å². The highest BCUT2D eigenvalue weighted by Gasteiger charge is 2.22. The molecule has 2 rings (SSSR count). The number of nitrogen functional groups attached to an aromatic ring is 1. The minimum Gasteiger partial charge on any atom is -0.437 e. The lowest BCUT2D eigenvalue weighted by molar-refractivity contribution is 0.122. The first-order valence-corrected chi connectivity index (χ1v) is 6.32. The lowest BCUT2D eigenvalue weighted by Gasteiger charge is -2.08. The zero-order chi connectivity index (χ0) is 14.9. The van der Waals surface area contributed by atoms with E-state index in [1.165, 1.54) is 19.2 Å². The third-order valence-electron chi connectivity index (χ3n) is 2.36. The Morgan fingerprint density at radius 3 is 2.45 bits per heavy atom. The molecule has 0 amide bonds. The van der Waals surface area contributed by atoms with Crippen molar-refractivity contribution in [1.29, 1.82) is 0 Å². The van der Waals surface area contributed by atoms with Crippen LogP contribution in [0.2, 0.25) is 15.1 Å². The van der Waals surface area contributed by atoms with Crippen molar-refractivity contribution in [2.24, 2.45) is 0 Å². The summed E-state index contributed by atoms with van der Waals surface area (Å²) in [4.78, 5) is 11.2. The van der Waals surface area contributed by atoms with Crippen LogP contribution in [-0.4, -0.2) is 23.5 Å². The van der Waals surface area contributed by atoms with Crippen LogP contribution in [-0.2, 0) is 4.74 Å². The van der Waals surface area contributed by atoms with Crippen molar-refractivity contribution in [2.45, 2.75) is 0 Å². The van der Waals surface area contributed by atoms with E-state index < -0.39 is 6.16 Å². The summed E-state index contributed by atoms with van der Waals surface area (Å²) in [7, 11) is 1.17. The molecule has 0 atom stereocenters. The first kappa shape index (κ1) is 14.8. The van der Waals surface area contributed by atoms with Gasteiger partial charge in [0, 0.05) is 10.6 Å². The van der Waals surface area contributed by atoms with Gasteiger partial charge in [0.1, 0.15) is 5.69 Å². The van der Waals surface area contributed by atoms with Crippen molar-refractivity contribution >= 4 is 46.8 Å². The zero-order valence-corrected chi connectivity index (χ0v) is 12.3. The molecule has 20 heavy (non-hydrogen) atoms. The Kier molecular flexibility index (Phi) is 4.27. The fourth-order valence-electron chi connectivity index (χ4n) is 1.52.